The number of nitrogens with zero attached hydrogens (tertiary/aromatic N) is 1. The highest BCUT2D eigenvalue weighted by Gasteiger charge is 2.40. The number of carbonyl (C=O) groups is 1. The molecule has 1 aromatic rings. The topological polar surface area (TPSA) is 59.0 Å². The summed E-state index contributed by atoms with van der Waals surface area (Å²) in [6.45, 7) is 10.9. The highest BCUT2D eigenvalue weighted by molar-refractivity contribution is 6.74. The molecule has 1 N–H and O–H groups in total. The van der Waals surface area contributed by atoms with Crippen LogP contribution in [0.1, 0.15) is 58.1 Å². The van der Waals surface area contributed by atoms with Gasteiger partial charge in [0.2, 0.25) is 3.79 Å². The van der Waals surface area contributed by atoms with Gasteiger partial charge in [-0.25, -0.2) is 4.79 Å². The summed E-state index contributed by atoms with van der Waals surface area (Å²) in [5.41, 5.74) is 1.08. The molecule has 0 radical (unpaired) electrons. The Bertz CT molecular complexity index is 693. The predicted octanol–water partition coefficient (Wildman–Crippen LogP) is 7.11. The van der Waals surface area contributed by atoms with E-state index in [-0.39, 0.29) is 30.4 Å². The fraction of sp³-hybridized carbons (Fsp3) is 0.696. The molecule has 32 heavy (non-hydrogen) atoms. The minimum Gasteiger partial charge on any atom is -0.445 e. The zero-order valence-corrected chi connectivity index (χ0v) is 23.3. The van der Waals surface area contributed by atoms with Crippen LogP contribution < -0.4 is 0 Å². The quantitative estimate of drug-likeness (QED) is 0.190. The molecule has 0 aromatic heterocycles. The molecule has 1 aromatic carbocycles. The molecule has 9 heteroatoms. The van der Waals surface area contributed by atoms with Crippen LogP contribution in [0.25, 0.3) is 0 Å². The third kappa shape index (κ3) is 10.2. The van der Waals surface area contributed by atoms with Crippen LogP contribution in [0.4, 0.5) is 4.79 Å². The number of unbranched alkanes of at least 4 members (excludes halogenated alkanes) is 1. The van der Waals surface area contributed by atoms with E-state index in [2.05, 4.69) is 46.0 Å². The van der Waals surface area contributed by atoms with Gasteiger partial charge in [-0.2, -0.15) is 0 Å². The van der Waals surface area contributed by atoms with E-state index in [1.165, 1.54) is 0 Å². The Kier molecular flexibility index (Phi) is 11.8. The Labute approximate surface area is 209 Å². The lowest BCUT2D eigenvalue weighted by molar-refractivity contribution is 0.0768. The molecule has 0 aliphatic carbocycles. The van der Waals surface area contributed by atoms with Crippen molar-refractivity contribution in [3.05, 3.63) is 35.9 Å². The SMILES string of the molecule is CN(C(=O)OCC(Cl)(Cl)Cl)[C@@H](CCCCO)C[C@H](O[Si](C)(C)C(C)(C)C)c1ccccc1. The summed E-state index contributed by atoms with van der Waals surface area (Å²) in [7, 11) is -0.392. The molecule has 0 saturated carbocycles. The average molecular weight is 527 g/mol. The first-order chi connectivity index (χ1) is 14.7. The Morgan fingerprint density at radius 1 is 1.12 bits per heavy atom. The minimum absolute atomic E-state index is 0.0433. The van der Waals surface area contributed by atoms with Gasteiger partial charge in [-0.15, -0.1) is 0 Å². The van der Waals surface area contributed by atoms with Crippen LogP contribution in [0, 0.1) is 0 Å². The van der Waals surface area contributed by atoms with Gasteiger partial charge >= 0.3 is 6.09 Å². The summed E-state index contributed by atoms with van der Waals surface area (Å²) in [5, 5.41) is 9.28. The van der Waals surface area contributed by atoms with Crippen molar-refractivity contribution in [1.82, 2.24) is 4.90 Å². The van der Waals surface area contributed by atoms with Crippen molar-refractivity contribution in [2.45, 2.75) is 80.5 Å². The van der Waals surface area contributed by atoms with Crippen molar-refractivity contribution in [3.8, 4) is 0 Å². The summed E-state index contributed by atoms with van der Waals surface area (Å²) in [6.07, 6.45) is 1.99. The summed E-state index contributed by atoms with van der Waals surface area (Å²) in [5.74, 6) is 0. The van der Waals surface area contributed by atoms with Gasteiger partial charge in [0.1, 0.15) is 6.61 Å². The van der Waals surface area contributed by atoms with Gasteiger partial charge in [0, 0.05) is 19.7 Å². The largest absolute Gasteiger partial charge is 0.445 e. The van der Waals surface area contributed by atoms with Crippen LogP contribution in [-0.2, 0) is 9.16 Å². The summed E-state index contributed by atoms with van der Waals surface area (Å²) in [4.78, 5) is 14.2. The molecule has 0 aliphatic heterocycles. The molecule has 0 unspecified atom stereocenters. The lowest BCUT2D eigenvalue weighted by atomic mass is 9.97. The molecule has 5 nitrogen and oxygen atoms in total. The number of ether oxygens (including phenoxy) is 1. The maximum absolute atomic E-state index is 12.7. The van der Waals surface area contributed by atoms with Crippen molar-refractivity contribution < 1.29 is 19.1 Å². The van der Waals surface area contributed by atoms with E-state index in [1.807, 2.05) is 18.2 Å². The van der Waals surface area contributed by atoms with Crippen LogP contribution in [0.3, 0.4) is 0 Å². The molecule has 184 valence electrons. The normalized spacial score (nSPS) is 14.7. The number of hydrogen-bond acceptors (Lipinski definition) is 4. The smallest absolute Gasteiger partial charge is 0.409 e. The zero-order chi connectivity index (χ0) is 24.6. The van der Waals surface area contributed by atoms with Gasteiger partial charge in [-0.1, -0.05) is 85.9 Å². The summed E-state index contributed by atoms with van der Waals surface area (Å²) < 4.78 is 10.4. The Morgan fingerprint density at radius 2 is 1.72 bits per heavy atom. The fourth-order valence-corrected chi connectivity index (χ4v) is 4.52. The monoisotopic (exact) mass is 525 g/mol. The van der Waals surface area contributed by atoms with Crippen LogP contribution in [0.2, 0.25) is 18.1 Å². The Morgan fingerprint density at radius 3 is 2.22 bits per heavy atom. The molecule has 0 heterocycles. The van der Waals surface area contributed by atoms with Crippen LogP contribution in [0.5, 0.6) is 0 Å². The van der Waals surface area contributed by atoms with E-state index in [9.17, 15) is 9.90 Å². The molecule has 0 bridgehead atoms. The van der Waals surface area contributed by atoms with Crippen molar-refractivity contribution in [1.29, 1.82) is 0 Å². The predicted molar refractivity (Wildman–Crippen MR) is 136 cm³/mol. The van der Waals surface area contributed by atoms with Gasteiger partial charge in [0.05, 0.1) is 6.10 Å². The van der Waals surface area contributed by atoms with E-state index in [0.717, 1.165) is 12.0 Å². The van der Waals surface area contributed by atoms with E-state index in [1.54, 1.807) is 11.9 Å². The maximum Gasteiger partial charge on any atom is 0.409 e. The van der Waals surface area contributed by atoms with Gasteiger partial charge < -0.3 is 19.2 Å². The van der Waals surface area contributed by atoms with Crippen molar-refractivity contribution in [2.24, 2.45) is 0 Å². The summed E-state index contributed by atoms with van der Waals surface area (Å²) in [6, 6.07) is 9.92. The van der Waals surface area contributed by atoms with Crippen molar-refractivity contribution in [2.75, 3.05) is 20.3 Å². The fourth-order valence-electron chi connectivity index (χ4n) is 3.06. The van der Waals surface area contributed by atoms with Gasteiger partial charge in [0.25, 0.3) is 0 Å². The first-order valence-electron chi connectivity index (χ1n) is 11.0. The van der Waals surface area contributed by atoms with Crippen molar-refractivity contribution in [3.63, 3.8) is 0 Å². The number of amides is 1. The van der Waals surface area contributed by atoms with Crippen molar-refractivity contribution >= 4 is 49.2 Å². The first-order valence-corrected chi connectivity index (χ1v) is 15.0. The molecule has 2 atom stereocenters. The number of hydrogen-bond donors (Lipinski definition) is 1. The number of halogens is 3. The standard InChI is InChI=1S/C23H38Cl3NO4Si/c1-22(2,3)32(5,6)31-20(18-12-8-7-9-13-18)16-19(14-10-11-15-28)27(4)21(29)30-17-23(24,25)26/h7-9,12-13,19-20,28H,10-11,14-17H2,1-6H3/t19-,20-/m0/s1. The molecule has 0 fully saturated rings. The average Bonchev–Trinajstić information content (AvgIpc) is 2.69. The lowest BCUT2D eigenvalue weighted by Gasteiger charge is -2.41. The van der Waals surface area contributed by atoms with E-state index in [0.29, 0.717) is 19.3 Å². The lowest BCUT2D eigenvalue weighted by Crippen LogP contribution is -2.44. The first kappa shape index (κ1) is 29.5. The van der Waals surface area contributed by atoms with E-state index >= 15 is 0 Å². The maximum atomic E-state index is 12.7. The molecule has 0 aliphatic rings. The van der Waals surface area contributed by atoms with Gasteiger partial charge in [-0.3, -0.25) is 0 Å². The van der Waals surface area contributed by atoms with Gasteiger partial charge in [-0.05, 0) is 49.4 Å². The molecule has 0 spiro atoms. The molecule has 1 amide bonds. The van der Waals surface area contributed by atoms with Gasteiger partial charge in [0.15, 0.2) is 8.32 Å². The highest BCUT2D eigenvalue weighted by atomic mass is 35.6. The second-order valence-electron chi connectivity index (χ2n) is 9.67. The van der Waals surface area contributed by atoms with Crippen LogP contribution >= 0.6 is 34.8 Å². The number of benzene rings is 1. The Hall–Kier alpha value is -0.503. The second-order valence-corrected chi connectivity index (χ2v) is 16.9. The highest BCUT2D eigenvalue weighted by Crippen LogP contribution is 2.41. The number of aliphatic hydroxyl groups is 1. The second kappa shape index (κ2) is 12.8. The minimum atomic E-state index is -2.08. The third-order valence-corrected chi connectivity index (χ3v) is 10.9. The molecular weight excluding hydrogens is 489 g/mol. The zero-order valence-electron chi connectivity index (χ0n) is 20.0. The van der Waals surface area contributed by atoms with Crippen LogP contribution in [0.15, 0.2) is 30.3 Å². The number of aliphatic hydroxyl groups excluding tert-OH is 1. The molecule has 1 rings (SSSR count). The summed E-state index contributed by atoms with van der Waals surface area (Å²) >= 11 is 17.2. The third-order valence-electron chi connectivity index (χ3n) is 6.04. The Balaban J connectivity index is 3.13. The number of carbonyl (C=O) groups excluding carboxylic acids is 1. The number of rotatable bonds is 11. The van der Waals surface area contributed by atoms with E-state index < -0.39 is 18.2 Å². The number of alkyl halides is 3. The van der Waals surface area contributed by atoms with E-state index in [4.69, 9.17) is 44.0 Å². The molecular formula is C23H38Cl3NO4Si. The van der Waals surface area contributed by atoms with Crippen LogP contribution in [-0.4, -0.2) is 54.5 Å². The molecule has 0 saturated heterocycles.